The van der Waals surface area contributed by atoms with Crippen molar-refractivity contribution in [3.63, 3.8) is 0 Å². The lowest BCUT2D eigenvalue weighted by molar-refractivity contribution is -0.137. The second kappa shape index (κ2) is 9.50. The highest BCUT2D eigenvalue weighted by Crippen LogP contribution is 2.46. The minimum Gasteiger partial charge on any atom is -0.356 e. The van der Waals surface area contributed by atoms with Crippen molar-refractivity contribution in [2.24, 2.45) is 5.92 Å². The number of aromatic nitrogens is 2. The van der Waals surface area contributed by atoms with E-state index in [1.165, 1.54) is 6.07 Å². The van der Waals surface area contributed by atoms with Crippen LogP contribution in [0.1, 0.15) is 55.3 Å². The standard InChI is InChI=1S/C27H28F3N3O2S/c1-18-6-5-15-33(16-18)24-9-4-10-25(32-24)36(34,35)17-20-13-14-23(27(28,29)30)26(31-20)22-8-3-2-7-21(22)19-11-12-19/h2-4,7-10,13-14,18-19H,5-6,11-12,15-17H2,1H3/t18-/m1/s1. The average Bonchev–Trinajstić information content (AvgIpc) is 3.69. The van der Waals surface area contributed by atoms with Gasteiger partial charge in [-0.15, -0.1) is 0 Å². The molecule has 3 heterocycles. The van der Waals surface area contributed by atoms with Crippen molar-refractivity contribution >= 4 is 15.7 Å². The summed E-state index contributed by atoms with van der Waals surface area (Å²) in [6, 6.07) is 13.9. The van der Waals surface area contributed by atoms with Crippen molar-refractivity contribution < 1.29 is 21.6 Å². The normalized spacial score (nSPS) is 18.9. The fourth-order valence-corrected chi connectivity index (χ4v) is 6.11. The fraction of sp³-hybridized carbons (Fsp3) is 0.407. The van der Waals surface area contributed by atoms with Crippen LogP contribution in [0.25, 0.3) is 11.3 Å². The molecule has 36 heavy (non-hydrogen) atoms. The van der Waals surface area contributed by atoms with E-state index in [4.69, 9.17) is 0 Å². The lowest BCUT2D eigenvalue weighted by Crippen LogP contribution is -2.35. The zero-order chi connectivity index (χ0) is 25.5. The summed E-state index contributed by atoms with van der Waals surface area (Å²) in [6.07, 6.45) is -0.632. The van der Waals surface area contributed by atoms with Gasteiger partial charge in [-0.05, 0) is 67.3 Å². The van der Waals surface area contributed by atoms with Gasteiger partial charge >= 0.3 is 6.18 Å². The third-order valence-electron chi connectivity index (χ3n) is 6.84. The van der Waals surface area contributed by atoms with Crippen LogP contribution < -0.4 is 4.90 Å². The SMILES string of the molecule is C[C@@H]1CCCN(c2cccc(S(=O)(=O)Cc3ccc(C(F)(F)F)c(-c4ccccc4C4CC4)n3)n2)C1. The number of nitrogens with zero attached hydrogens (tertiary/aromatic N) is 3. The predicted octanol–water partition coefficient (Wildman–Crippen LogP) is 6.25. The summed E-state index contributed by atoms with van der Waals surface area (Å²) in [4.78, 5) is 10.8. The van der Waals surface area contributed by atoms with Crippen molar-refractivity contribution in [1.29, 1.82) is 0 Å². The molecule has 2 aliphatic rings. The molecule has 1 aromatic carbocycles. The average molecular weight is 516 g/mol. The molecule has 5 rings (SSSR count). The van der Waals surface area contributed by atoms with Gasteiger partial charge in [-0.2, -0.15) is 13.2 Å². The molecule has 0 spiro atoms. The quantitative estimate of drug-likeness (QED) is 0.388. The van der Waals surface area contributed by atoms with Crippen LogP contribution in [-0.4, -0.2) is 31.5 Å². The minimum atomic E-state index is -4.61. The van der Waals surface area contributed by atoms with Gasteiger partial charge in [0.15, 0.2) is 5.03 Å². The molecule has 0 bridgehead atoms. The number of rotatable bonds is 6. The molecule has 1 saturated heterocycles. The number of sulfone groups is 1. The van der Waals surface area contributed by atoms with E-state index < -0.39 is 27.3 Å². The Hall–Kier alpha value is -2.94. The van der Waals surface area contributed by atoms with Crippen LogP contribution >= 0.6 is 0 Å². The van der Waals surface area contributed by atoms with Gasteiger partial charge < -0.3 is 4.90 Å². The zero-order valence-corrected chi connectivity index (χ0v) is 20.8. The molecule has 1 saturated carbocycles. The molecule has 0 amide bonds. The Morgan fingerprint density at radius 1 is 0.972 bits per heavy atom. The topological polar surface area (TPSA) is 63.2 Å². The molecule has 0 radical (unpaired) electrons. The van der Waals surface area contributed by atoms with Crippen LogP contribution in [-0.2, 0) is 21.8 Å². The lowest BCUT2D eigenvalue weighted by Gasteiger charge is -2.32. The largest absolute Gasteiger partial charge is 0.418 e. The van der Waals surface area contributed by atoms with E-state index in [1.54, 1.807) is 30.3 Å². The molecule has 5 nitrogen and oxygen atoms in total. The van der Waals surface area contributed by atoms with Crippen LogP contribution in [0.3, 0.4) is 0 Å². The van der Waals surface area contributed by atoms with Gasteiger partial charge in [-0.1, -0.05) is 37.3 Å². The highest BCUT2D eigenvalue weighted by Gasteiger charge is 2.37. The number of piperidine rings is 1. The first-order chi connectivity index (χ1) is 17.1. The van der Waals surface area contributed by atoms with Crippen molar-refractivity contribution in [3.8, 4) is 11.3 Å². The number of hydrogen-bond donors (Lipinski definition) is 0. The van der Waals surface area contributed by atoms with Crippen LogP contribution in [0.5, 0.6) is 0 Å². The predicted molar refractivity (Wildman–Crippen MR) is 132 cm³/mol. The molecule has 0 unspecified atom stereocenters. The van der Waals surface area contributed by atoms with Crippen molar-refractivity contribution in [2.45, 2.75) is 55.5 Å². The molecule has 2 fully saturated rings. The second-order valence-corrected chi connectivity index (χ2v) is 11.8. The van der Waals surface area contributed by atoms with E-state index in [0.29, 0.717) is 17.3 Å². The highest BCUT2D eigenvalue weighted by molar-refractivity contribution is 7.90. The van der Waals surface area contributed by atoms with E-state index >= 15 is 0 Å². The molecule has 1 aliphatic heterocycles. The molecule has 190 valence electrons. The third-order valence-corrected chi connectivity index (χ3v) is 8.38. The van der Waals surface area contributed by atoms with Gasteiger partial charge in [0.2, 0.25) is 9.84 Å². The van der Waals surface area contributed by atoms with Crippen LogP contribution in [0.2, 0.25) is 0 Å². The first-order valence-electron chi connectivity index (χ1n) is 12.2. The van der Waals surface area contributed by atoms with Gasteiger partial charge in [-0.25, -0.2) is 13.4 Å². The second-order valence-electron chi connectivity index (χ2n) is 9.84. The van der Waals surface area contributed by atoms with Gasteiger partial charge in [0.1, 0.15) is 5.82 Å². The highest BCUT2D eigenvalue weighted by atomic mass is 32.2. The first kappa shape index (κ1) is 24.7. The fourth-order valence-electron chi connectivity index (χ4n) is 4.90. The molecular weight excluding hydrogens is 487 g/mol. The van der Waals surface area contributed by atoms with Gasteiger partial charge in [-0.3, -0.25) is 4.98 Å². The van der Waals surface area contributed by atoms with Crippen LogP contribution in [0.4, 0.5) is 19.0 Å². The Labute approximate surface area is 209 Å². The monoisotopic (exact) mass is 515 g/mol. The Balaban J connectivity index is 1.49. The maximum absolute atomic E-state index is 13.9. The summed E-state index contributed by atoms with van der Waals surface area (Å²) < 4.78 is 68.2. The summed E-state index contributed by atoms with van der Waals surface area (Å²) in [5, 5.41) is -0.0974. The Bertz CT molecular complexity index is 1370. The zero-order valence-electron chi connectivity index (χ0n) is 20.0. The van der Waals surface area contributed by atoms with Crippen LogP contribution in [0, 0.1) is 5.92 Å². The number of anilines is 1. The Morgan fingerprint density at radius 2 is 1.75 bits per heavy atom. The number of hydrogen-bond acceptors (Lipinski definition) is 5. The summed E-state index contributed by atoms with van der Waals surface area (Å²) in [6.45, 7) is 3.77. The lowest BCUT2D eigenvalue weighted by atomic mass is 9.97. The van der Waals surface area contributed by atoms with E-state index in [9.17, 15) is 21.6 Å². The van der Waals surface area contributed by atoms with Gasteiger partial charge in [0.05, 0.1) is 22.7 Å². The smallest absolute Gasteiger partial charge is 0.356 e. The van der Waals surface area contributed by atoms with Crippen molar-refractivity contribution in [1.82, 2.24) is 9.97 Å². The summed E-state index contributed by atoms with van der Waals surface area (Å²) in [7, 11) is -3.93. The van der Waals surface area contributed by atoms with E-state index in [1.807, 2.05) is 6.07 Å². The van der Waals surface area contributed by atoms with Crippen LogP contribution in [0.15, 0.2) is 59.6 Å². The first-order valence-corrected chi connectivity index (χ1v) is 13.9. The van der Waals surface area contributed by atoms with E-state index in [2.05, 4.69) is 21.8 Å². The third kappa shape index (κ3) is 5.26. The molecule has 3 aromatic rings. The summed E-state index contributed by atoms with van der Waals surface area (Å²) >= 11 is 0. The number of pyridine rings is 2. The molecule has 1 aliphatic carbocycles. The maximum atomic E-state index is 13.9. The minimum absolute atomic E-state index is 0.0578. The number of halogens is 3. The van der Waals surface area contributed by atoms with Crippen molar-refractivity contribution in [2.75, 3.05) is 18.0 Å². The van der Waals surface area contributed by atoms with E-state index in [0.717, 1.165) is 56.5 Å². The maximum Gasteiger partial charge on any atom is 0.418 e. The molecule has 0 N–H and O–H groups in total. The van der Waals surface area contributed by atoms with Crippen molar-refractivity contribution in [3.05, 3.63) is 71.4 Å². The Kier molecular flexibility index (Phi) is 6.53. The number of benzene rings is 1. The summed E-state index contributed by atoms with van der Waals surface area (Å²) in [5.74, 6) is 0.772. The van der Waals surface area contributed by atoms with Gasteiger partial charge in [0, 0.05) is 18.7 Å². The molecular formula is C27H28F3N3O2S. The molecule has 2 aromatic heterocycles. The molecule has 1 atom stereocenters. The summed E-state index contributed by atoms with van der Waals surface area (Å²) in [5.41, 5.74) is 0.201. The number of alkyl halides is 3. The molecule has 9 heteroatoms. The van der Waals surface area contributed by atoms with Gasteiger partial charge in [0.25, 0.3) is 0 Å². The van der Waals surface area contributed by atoms with E-state index in [-0.39, 0.29) is 22.3 Å². The Morgan fingerprint density at radius 3 is 2.47 bits per heavy atom.